The van der Waals surface area contributed by atoms with Crippen molar-refractivity contribution in [3.8, 4) is 11.8 Å². The Balaban J connectivity index is 2.03. The number of carbonyl (C=O) groups is 1. The second-order valence-electron chi connectivity index (χ2n) is 5.64. The standard InChI is InChI=1S/C17H14FN3O4/c1-25-15-5-4-10(7-12(15)18)14(22)9-21-16(23)11(8-19)13-3-2-6-20(13)17(21)24/h4-5,7H,2-3,6,9H2,1H3. The van der Waals surface area contributed by atoms with Crippen LogP contribution in [0.5, 0.6) is 5.75 Å². The molecule has 25 heavy (non-hydrogen) atoms. The smallest absolute Gasteiger partial charge is 0.331 e. The Bertz CT molecular complexity index is 1030. The van der Waals surface area contributed by atoms with Crippen molar-refractivity contribution in [1.82, 2.24) is 9.13 Å². The first-order valence-corrected chi connectivity index (χ1v) is 7.61. The first-order chi connectivity index (χ1) is 12.0. The molecule has 1 aliphatic rings. The number of ether oxygens (including phenoxy) is 1. The SMILES string of the molecule is COc1ccc(C(=O)Cn2c(=O)c(C#N)c3n(c2=O)CCC3)cc1F. The molecule has 0 bridgehead atoms. The number of carbonyl (C=O) groups excluding carboxylic acids is 1. The number of nitrogens with zero attached hydrogens (tertiary/aromatic N) is 3. The molecular formula is C17H14FN3O4. The predicted molar refractivity (Wildman–Crippen MR) is 85.3 cm³/mol. The van der Waals surface area contributed by atoms with Gasteiger partial charge in [-0.2, -0.15) is 5.26 Å². The topological polar surface area (TPSA) is 94.1 Å². The van der Waals surface area contributed by atoms with Crippen LogP contribution in [0.1, 0.15) is 28.0 Å². The molecule has 0 amide bonds. The lowest BCUT2D eigenvalue weighted by atomic mass is 10.1. The monoisotopic (exact) mass is 343 g/mol. The number of Topliss-reactive ketones (excluding diaryl/α,β-unsaturated/α-hetero) is 1. The van der Waals surface area contributed by atoms with Crippen LogP contribution in [0, 0.1) is 17.1 Å². The van der Waals surface area contributed by atoms with Crippen LogP contribution in [0.15, 0.2) is 27.8 Å². The van der Waals surface area contributed by atoms with Crippen LogP contribution in [-0.4, -0.2) is 22.0 Å². The van der Waals surface area contributed by atoms with E-state index in [9.17, 15) is 24.0 Å². The van der Waals surface area contributed by atoms with Gasteiger partial charge in [-0.25, -0.2) is 9.18 Å². The molecule has 1 aromatic heterocycles. The molecule has 7 nitrogen and oxygen atoms in total. The summed E-state index contributed by atoms with van der Waals surface area (Å²) in [5.74, 6) is -1.34. The van der Waals surface area contributed by atoms with Gasteiger partial charge in [0, 0.05) is 17.8 Å². The minimum Gasteiger partial charge on any atom is -0.494 e. The molecule has 0 N–H and O–H groups in total. The van der Waals surface area contributed by atoms with Crippen LogP contribution >= 0.6 is 0 Å². The van der Waals surface area contributed by atoms with E-state index in [-0.39, 0.29) is 16.9 Å². The fourth-order valence-electron chi connectivity index (χ4n) is 2.96. The van der Waals surface area contributed by atoms with E-state index >= 15 is 0 Å². The molecule has 0 radical (unpaired) electrons. The van der Waals surface area contributed by atoms with Crippen LogP contribution in [0.4, 0.5) is 4.39 Å². The quantitative estimate of drug-likeness (QED) is 0.768. The largest absolute Gasteiger partial charge is 0.494 e. The zero-order valence-corrected chi connectivity index (χ0v) is 13.4. The van der Waals surface area contributed by atoms with E-state index in [1.54, 1.807) is 0 Å². The zero-order chi connectivity index (χ0) is 18.1. The van der Waals surface area contributed by atoms with Gasteiger partial charge in [0.2, 0.25) is 0 Å². The van der Waals surface area contributed by atoms with E-state index in [0.717, 1.165) is 10.6 Å². The van der Waals surface area contributed by atoms with Gasteiger partial charge in [0.1, 0.15) is 11.6 Å². The number of hydrogen-bond donors (Lipinski definition) is 0. The Morgan fingerprint density at radius 2 is 2.16 bits per heavy atom. The van der Waals surface area contributed by atoms with Crippen LogP contribution in [-0.2, 0) is 19.5 Å². The highest BCUT2D eigenvalue weighted by atomic mass is 19.1. The van der Waals surface area contributed by atoms with Crippen molar-refractivity contribution in [3.05, 3.63) is 61.7 Å². The molecule has 0 fully saturated rings. The number of hydrogen-bond acceptors (Lipinski definition) is 5. The average molecular weight is 343 g/mol. The maximum absolute atomic E-state index is 13.8. The van der Waals surface area contributed by atoms with Crippen molar-refractivity contribution in [2.75, 3.05) is 7.11 Å². The third-order valence-electron chi connectivity index (χ3n) is 4.22. The third-order valence-corrected chi connectivity index (χ3v) is 4.22. The molecule has 0 unspecified atom stereocenters. The highest BCUT2D eigenvalue weighted by Gasteiger charge is 2.24. The Labute approximate surface area is 141 Å². The molecule has 2 heterocycles. The van der Waals surface area contributed by atoms with E-state index in [2.05, 4.69) is 0 Å². The lowest BCUT2D eigenvalue weighted by Crippen LogP contribution is -2.43. The Kier molecular flexibility index (Phi) is 4.23. The van der Waals surface area contributed by atoms with Crippen molar-refractivity contribution in [2.45, 2.75) is 25.9 Å². The number of nitriles is 1. The number of aromatic nitrogens is 2. The molecule has 1 aliphatic heterocycles. The highest BCUT2D eigenvalue weighted by molar-refractivity contribution is 5.96. The Hall–Kier alpha value is -3.21. The van der Waals surface area contributed by atoms with E-state index < -0.39 is 29.4 Å². The zero-order valence-electron chi connectivity index (χ0n) is 13.4. The average Bonchev–Trinajstić information content (AvgIpc) is 3.08. The van der Waals surface area contributed by atoms with E-state index in [4.69, 9.17) is 4.74 Å². The van der Waals surface area contributed by atoms with Gasteiger partial charge in [-0.05, 0) is 31.0 Å². The second kappa shape index (κ2) is 6.36. The summed E-state index contributed by atoms with van der Waals surface area (Å²) in [6.45, 7) is -0.160. The van der Waals surface area contributed by atoms with Gasteiger partial charge in [-0.3, -0.25) is 18.7 Å². The Morgan fingerprint density at radius 3 is 2.80 bits per heavy atom. The normalized spacial score (nSPS) is 12.5. The predicted octanol–water partition coefficient (Wildman–Crippen LogP) is 0.858. The van der Waals surface area contributed by atoms with Gasteiger partial charge in [-0.1, -0.05) is 0 Å². The third kappa shape index (κ3) is 2.74. The van der Waals surface area contributed by atoms with Crippen molar-refractivity contribution in [1.29, 1.82) is 5.26 Å². The number of ketones is 1. The number of fused-ring (bicyclic) bond motifs is 1. The van der Waals surface area contributed by atoms with Crippen molar-refractivity contribution >= 4 is 5.78 Å². The minimum atomic E-state index is -0.789. The summed E-state index contributed by atoms with van der Waals surface area (Å²) >= 11 is 0. The maximum atomic E-state index is 13.8. The van der Waals surface area contributed by atoms with Gasteiger partial charge in [0.25, 0.3) is 5.56 Å². The molecule has 1 aromatic carbocycles. The summed E-state index contributed by atoms with van der Waals surface area (Å²) in [5, 5.41) is 9.22. The van der Waals surface area contributed by atoms with Crippen LogP contribution in [0.2, 0.25) is 0 Å². The molecule has 0 aliphatic carbocycles. The fraction of sp³-hybridized carbons (Fsp3) is 0.294. The summed E-state index contributed by atoms with van der Waals surface area (Å²) in [5.41, 5.74) is -1.11. The van der Waals surface area contributed by atoms with Crippen LogP contribution < -0.4 is 16.0 Å². The summed E-state index contributed by atoms with van der Waals surface area (Å²) in [6.07, 6.45) is 1.14. The number of halogens is 1. The lowest BCUT2D eigenvalue weighted by Gasteiger charge is -2.10. The van der Waals surface area contributed by atoms with Crippen molar-refractivity contribution in [2.24, 2.45) is 0 Å². The van der Waals surface area contributed by atoms with Gasteiger partial charge in [-0.15, -0.1) is 0 Å². The molecule has 0 spiro atoms. The van der Waals surface area contributed by atoms with Crippen LogP contribution in [0.3, 0.4) is 0 Å². The van der Waals surface area contributed by atoms with Crippen molar-refractivity contribution in [3.63, 3.8) is 0 Å². The molecule has 8 heteroatoms. The first-order valence-electron chi connectivity index (χ1n) is 7.61. The van der Waals surface area contributed by atoms with E-state index in [1.807, 2.05) is 6.07 Å². The molecular weight excluding hydrogens is 329 g/mol. The van der Waals surface area contributed by atoms with Gasteiger partial charge in [0.15, 0.2) is 17.3 Å². The van der Waals surface area contributed by atoms with Crippen molar-refractivity contribution < 1.29 is 13.9 Å². The van der Waals surface area contributed by atoms with E-state index in [0.29, 0.717) is 25.1 Å². The lowest BCUT2D eigenvalue weighted by molar-refractivity contribution is 0.0968. The molecule has 128 valence electrons. The number of rotatable bonds is 4. The Morgan fingerprint density at radius 1 is 1.40 bits per heavy atom. The molecule has 3 rings (SSSR count). The van der Waals surface area contributed by atoms with Gasteiger partial charge < -0.3 is 4.74 Å². The van der Waals surface area contributed by atoms with Crippen LogP contribution in [0.25, 0.3) is 0 Å². The fourth-order valence-corrected chi connectivity index (χ4v) is 2.96. The second-order valence-corrected chi connectivity index (χ2v) is 5.64. The molecule has 2 aromatic rings. The van der Waals surface area contributed by atoms with Gasteiger partial charge >= 0.3 is 5.69 Å². The maximum Gasteiger partial charge on any atom is 0.331 e. The number of methoxy groups -OCH3 is 1. The van der Waals surface area contributed by atoms with E-state index in [1.165, 1.54) is 23.8 Å². The number of benzene rings is 1. The molecule has 0 saturated carbocycles. The summed E-state index contributed by atoms with van der Waals surface area (Å²) < 4.78 is 20.6. The summed E-state index contributed by atoms with van der Waals surface area (Å²) in [7, 11) is 1.30. The highest BCUT2D eigenvalue weighted by Crippen LogP contribution is 2.18. The first kappa shape index (κ1) is 16.6. The summed E-state index contributed by atoms with van der Waals surface area (Å²) in [4.78, 5) is 37.2. The van der Waals surface area contributed by atoms with Gasteiger partial charge in [0.05, 0.1) is 13.7 Å². The molecule has 0 atom stereocenters. The minimum absolute atomic E-state index is 0.00797. The molecule has 0 saturated heterocycles. The summed E-state index contributed by atoms with van der Waals surface area (Å²) in [6, 6.07) is 5.45.